The molecule has 1 fully saturated rings. The van der Waals surface area contributed by atoms with Crippen molar-refractivity contribution in [3.63, 3.8) is 0 Å². The van der Waals surface area contributed by atoms with Crippen molar-refractivity contribution in [3.8, 4) is 0 Å². The zero-order chi connectivity index (χ0) is 14.0. The van der Waals surface area contributed by atoms with Crippen LogP contribution in [0.4, 0.5) is 0 Å². The Labute approximate surface area is 112 Å². The zero-order valence-electron chi connectivity index (χ0n) is 12.7. The second kappa shape index (κ2) is 5.87. The van der Waals surface area contributed by atoms with Crippen LogP contribution in [0.1, 0.15) is 53.9 Å². The number of rotatable bonds is 6. The van der Waals surface area contributed by atoms with Crippen molar-refractivity contribution in [1.29, 1.82) is 0 Å². The van der Waals surface area contributed by atoms with Gasteiger partial charge < -0.3 is 9.47 Å². The van der Waals surface area contributed by atoms with Gasteiger partial charge in [0.25, 0.3) is 0 Å². The van der Waals surface area contributed by atoms with Gasteiger partial charge in [0.1, 0.15) is 0 Å². The van der Waals surface area contributed by atoms with E-state index >= 15 is 0 Å². The minimum atomic E-state index is -0.128. The van der Waals surface area contributed by atoms with E-state index in [-0.39, 0.29) is 23.3 Å². The summed E-state index contributed by atoms with van der Waals surface area (Å²) in [5.41, 5.74) is 2.79. The van der Waals surface area contributed by atoms with Gasteiger partial charge in [-0.1, -0.05) is 0 Å². The van der Waals surface area contributed by atoms with E-state index in [1.165, 1.54) is 0 Å². The molecule has 3 N–H and O–H groups in total. The van der Waals surface area contributed by atoms with Crippen LogP contribution in [0.2, 0.25) is 0 Å². The first-order valence-corrected chi connectivity index (χ1v) is 6.91. The molecule has 0 aromatic carbocycles. The van der Waals surface area contributed by atoms with Gasteiger partial charge in [-0.2, -0.15) is 0 Å². The molecule has 0 radical (unpaired) electrons. The largest absolute Gasteiger partial charge is 0.382 e. The Bertz CT molecular complexity index is 267. The molecule has 4 heteroatoms. The maximum absolute atomic E-state index is 6.14. The van der Waals surface area contributed by atoms with Crippen LogP contribution >= 0.6 is 0 Å². The van der Waals surface area contributed by atoms with Crippen LogP contribution in [0.5, 0.6) is 0 Å². The molecule has 1 saturated heterocycles. The Kier molecular flexibility index (Phi) is 5.18. The number of nitrogens with one attached hydrogen (secondary N) is 1. The molecule has 18 heavy (non-hydrogen) atoms. The Morgan fingerprint density at radius 3 is 2.33 bits per heavy atom. The maximum Gasteiger partial charge on any atom is 0.0678 e. The van der Waals surface area contributed by atoms with E-state index in [1.807, 2.05) is 0 Å². The molecule has 1 aliphatic heterocycles. The van der Waals surface area contributed by atoms with Crippen molar-refractivity contribution in [3.05, 3.63) is 0 Å². The first-order chi connectivity index (χ1) is 8.22. The van der Waals surface area contributed by atoms with Crippen LogP contribution in [-0.2, 0) is 9.47 Å². The minimum absolute atomic E-state index is 0.0594. The zero-order valence-corrected chi connectivity index (χ0v) is 12.7. The molecule has 0 bridgehead atoms. The fraction of sp³-hybridized carbons (Fsp3) is 1.00. The highest BCUT2D eigenvalue weighted by molar-refractivity contribution is 4.99. The van der Waals surface area contributed by atoms with Crippen molar-refractivity contribution in [2.75, 3.05) is 7.11 Å². The first kappa shape index (κ1) is 15.9. The molecule has 0 saturated carbocycles. The third-order valence-corrected chi connectivity index (χ3v) is 4.13. The molecular weight excluding hydrogens is 228 g/mol. The molecule has 0 aliphatic carbocycles. The number of ether oxygens (including phenoxy) is 2. The number of hydrogen-bond donors (Lipinski definition) is 2. The number of nitrogens with two attached hydrogens (primary N) is 1. The summed E-state index contributed by atoms with van der Waals surface area (Å²) < 4.78 is 11.4. The van der Waals surface area contributed by atoms with Crippen molar-refractivity contribution < 1.29 is 9.47 Å². The van der Waals surface area contributed by atoms with Crippen LogP contribution < -0.4 is 11.3 Å². The lowest BCUT2D eigenvalue weighted by Gasteiger charge is -2.33. The van der Waals surface area contributed by atoms with Crippen molar-refractivity contribution in [2.45, 2.75) is 77.2 Å². The van der Waals surface area contributed by atoms with Crippen LogP contribution in [0.3, 0.4) is 0 Å². The topological polar surface area (TPSA) is 56.5 Å². The predicted molar refractivity (Wildman–Crippen MR) is 74.2 cm³/mol. The number of hydrazine groups is 1. The van der Waals surface area contributed by atoms with Gasteiger partial charge in [0, 0.05) is 19.1 Å². The van der Waals surface area contributed by atoms with E-state index in [9.17, 15) is 0 Å². The molecule has 0 spiro atoms. The monoisotopic (exact) mass is 258 g/mol. The van der Waals surface area contributed by atoms with E-state index in [0.717, 1.165) is 19.3 Å². The molecule has 0 aromatic rings. The summed E-state index contributed by atoms with van der Waals surface area (Å²) in [7, 11) is 1.75. The van der Waals surface area contributed by atoms with Gasteiger partial charge in [0.2, 0.25) is 0 Å². The standard InChI is InChI=1S/C14H30N2O2/c1-10(17-6)7-8-12(16-15)11-9-13(2,3)18-14(11,4)5/h10-12,16H,7-9,15H2,1-6H3. The molecule has 0 aromatic heterocycles. The number of hydrogen-bond acceptors (Lipinski definition) is 4. The van der Waals surface area contributed by atoms with E-state index in [0.29, 0.717) is 5.92 Å². The third-order valence-electron chi connectivity index (χ3n) is 4.13. The Balaban J connectivity index is 2.64. The Morgan fingerprint density at radius 2 is 1.94 bits per heavy atom. The lowest BCUT2D eigenvalue weighted by atomic mass is 9.80. The molecule has 1 aliphatic rings. The summed E-state index contributed by atoms with van der Waals surface area (Å²) in [4.78, 5) is 0. The summed E-state index contributed by atoms with van der Waals surface area (Å²) in [6.07, 6.45) is 3.34. The SMILES string of the molecule is COC(C)CCC(NN)C1CC(C)(C)OC1(C)C. The highest BCUT2D eigenvalue weighted by atomic mass is 16.5. The molecule has 1 heterocycles. The van der Waals surface area contributed by atoms with E-state index in [2.05, 4.69) is 40.0 Å². The minimum Gasteiger partial charge on any atom is -0.382 e. The fourth-order valence-corrected chi connectivity index (χ4v) is 3.16. The van der Waals surface area contributed by atoms with Gasteiger partial charge in [0.15, 0.2) is 0 Å². The Hall–Kier alpha value is -0.160. The molecule has 0 amide bonds. The number of methoxy groups -OCH3 is 1. The second-order valence-electron chi connectivity index (χ2n) is 6.67. The van der Waals surface area contributed by atoms with Gasteiger partial charge in [0.05, 0.1) is 17.3 Å². The van der Waals surface area contributed by atoms with Crippen molar-refractivity contribution >= 4 is 0 Å². The second-order valence-corrected chi connectivity index (χ2v) is 6.67. The molecule has 3 unspecified atom stereocenters. The van der Waals surface area contributed by atoms with Crippen molar-refractivity contribution in [1.82, 2.24) is 5.43 Å². The third kappa shape index (κ3) is 3.92. The predicted octanol–water partition coefficient (Wildman–Crippen LogP) is 2.23. The quantitative estimate of drug-likeness (QED) is 0.566. The summed E-state index contributed by atoms with van der Waals surface area (Å²) in [6.45, 7) is 10.7. The van der Waals surface area contributed by atoms with Gasteiger partial charge in [-0.05, 0) is 53.9 Å². The van der Waals surface area contributed by atoms with Crippen LogP contribution in [0, 0.1) is 5.92 Å². The van der Waals surface area contributed by atoms with Gasteiger partial charge in [-0.25, -0.2) is 0 Å². The lowest BCUT2D eigenvalue weighted by molar-refractivity contribution is -0.0782. The smallest absolute Gasteiger partial charge is 0.0678 e. The summed E-state index contributed by atoms with van der Waals surface area (Å²) >= 11 is 0. The molecule has 4 nitrogen and oxygen atoms in total. The van der Waals surface area contributed by atoms with Crippen LogP contribution in [-0.4, -0.2) is 30.5 Å². The average Bonchev–Trinajstić information content (AvgIpc) is 2.47. The lowest BCUT2D eigenvalue weighted by Crippen LogP contribution is -2.47. The fourth-order valence-electron chi connectivity index (χ4n) is 3.16. The molecular formula is C14H30N2O2. The summed E-state index contributed by atoms with van der Waals surface area (Å²) in [5.74, 6) is 6.18. The highest BCUT2D eigenvalue weighted by Crippen LogP contribution is 2.44. The normalized spacial score (nSPS) is 29.2. The molecule has 3 atom stereocenters. The first-order valence-electron chi connectivity index (χ1n) is 6.91. The van der Waals surface area contributed by atoms with Crippen LogP contribution in [0.25, 0.3) is 0 Å². The van der Waals surface area contributed by atoms with Crippen molar-refractivity contribution in [2.24, 2.45) is 11.8 Å². The van der Waals surface area contributed by atoms with E-state index in [4.69, 9.17) is 15.3 Å². The van der Waals surface area contributed by atoms with Gasteiger partial charge in [-0.15, -0.1) is 0 Å². The van der Waals surface area contributed by atoms with Gasteiger partial charge >= 0.3 is 0 Å². The molecule has 1 rings (SSSR count). The summed E-state index contributed by atoms with van der Waals surface area (Å²) in [6, 6.07) is 0.277. The average molecular weight is 258 g/mol. The Morgan fingerprint density at radius 1 is 1.33 bits per heavy atom. The van der Waals surface area contributed by atoms with E-state index < -0.39 is 0 Å². The molecule has 108 valence electrons. The van der Waals surface area contributed by atoms with Crippen LogP contribution in [0.15, 0.2) is 0 Å². The summed E-state index contributed by atoms with van der Waals surface area (Å²) in [5, 5.41) is 0. The highest BCUT2D eigenvalue weighted by Gasteiger charge is 2.48. The maximum atomic E-state index is 6.14. The van der Waals surface area contributed by atoms with E-state index in [1.54, 1.807) is 7.11 Å². The van der Waals surface area contributed by atoms with Gasteiger partial charge in [-0.3, -0.25) is 11.3 Å².